The van der Waals surface area contributed by atoms with Gasteiger partial charge >= 0.3 is 0 Å². The monoisotopic (exact) mass is 602 g/mol. The summed E-state index contributed by atoms with van der Waals surface area (Å²) in [6, 6.07) is 20.0. The molecule has 4 aromatic carbocycles. The van der Waals surface area contributed by atoms with Crippen LogP contribution in [0.4, 0.5) is 18.9 Å². The Morgan fingerprint density at radius 1 is 0.878 bits per heavy atom. The highest BCUT2D eigenvalue weighted by Gasteiger charge is 2.29. The zero-order chi connectivity index (χ0) is 29.6. The summed E-state index contributed by atoms with van der Waals surface area (Å²) in [6.07, 6.45) is 0.414. The number of para-hydroxylation sites is 1. The zero-order valence-corrected chi connectivity index (χ0v) is 23.5. The van der Waals surface area contributed by atoms with E-state index in [1.165, 1.54) is 47.4 Å². The third kappa shape index (κ3) is 7.39. The maximum Gasteiger partial charge on any atom is 0.264 e. The second-order valence-corrected chi connectivity index (χ2v) is 11.4. The summed E-state index contributed by atoms with van der Waals surface area (Å²) in [6.45, 7) is 0.110. The molecule has 6 nitrogen and oxygen atoms in total. The van der Waals surface area contributed by atoms with Gasteiger partial charge < -0.3 is 9.64 Å². The van der Waals surface area contributed by atoms with Gasteiger partial charge in [0.2, 0.25) is 0 Å². The molecular formula is C30H26ClF3N2O4S. The van der Waals surface area contributed by atoms with Crippen LogP contribution >= 0.6 is 11.6 Å². The van der Waals surface area contributed by atoms with Crippen molar-refractivity contribution in [2.45, 2.75) is 17.9 Å². The van der Waals surface area contributed by atoms with E-state index in [1.54, 1.807) is 31.3 Å². The molecule has 0 saturated carbocycles. The summed E-state index contributed by atoms with van der Waals surface area (Å²) >= 11 is 5.92. The number of halogens is 4. The minimum Gasteiger partial charge on any atom is -0.493 e. The largest absolute Gasteiger partial charge is 0.493 e. The Labute approximate surface area is 241 Å². The smallest absolute Gasteiger partial charge is 0.264 e. The van der Waals surface area contributed by atoms with E-state index >= 15 is 0 Å². The lowest BCUT2D eigenvalue weighted by Gasteiger charge is -2.26. The number of benzene rings is 4. The molecule has 0 fully saturated rings. The molecule has 214 valence electrons. The minimum absolute atomic E-state index is 0.157. The van der Waals surface area contributed by atoms with Gasteiger partial charge in [-0.3, -0.25) is 9.10 Å². The number of sulfonamides is 1. The molecule has 0 aliphatic rings. The Hall–Kier alpha value is -4.02. The van der Waals surface area contributed by atoms with Gasteiger partial charge in [0.1, 0.15) is 23.2 Å². The van der Waals surface area contributed by atoms with Crippen LogP contribution in [-0.4, -0.2) is 39.4 Å². The van der Waals surface area contributed by atoms with Crippen LogP contribution < -0.4 is 9.04 Å². The standard InChI is InChI=1S/C30H26ClF3N2O4S/c1-35(30(37)21-7-4-8-24(32)18-21)16-5-17-40-29-9-3-2-6-22(29)20-36(28-19-25(33)12-15-27(28)34)41(38,39)26-13-10-23(31)11-14-26/h2-4,6-15,18-19H,5,16-17,20H2,1H3. The van der Waals surface area contributed by atoms with Crippen LogP contribution in [0, 0.1) is 17.5 Å². The number of hydrogen-bond donors (Lipinski definition) is 0. The zero-order valence-electron chi connectivity index (χ0n) is 21.9. The first-order chi connectivity index (χ1) is 19.6. The summed E-state index contributed by atoms with van der Waals surface area (Å²) in [4.78, 5) is 13.8. The molecule has 11 heteroatoms. The fourth-order valence-electron chi connectivity index (χ4n) is 4.07. The number of nitrogens with zero attached hydrogens (tertiary/aromatic N) is 2. The van der Waals surface area contributed by atoms with Crippen LogP contribution in [0.2, 0.25) is 5.02 Å². The number of carbonyl (C=O) groups excluding carboxylic acids is 1. The van der Waals surface area contributed by atoms with E-state index < -0.39 is 33.2 Å². The lowest BCUT2D eigenvalue weighted by atomic mass is 10.2. The van der Waals surface area contributed by atoms with Gasteiger partial charge in [-0.25, -0.2) is 21.6 Å². The fraction of sp³-hybridized carbons (Fsp3) is 0.167. The van der Waals surface area contributed by atoms with Gasteiger partial charge in [0.15, 0.2) is 0 Å². The summed E-state index contributed by atoms with van der Waals surface area (Å²) in [5.74, 6) is -2.24. The molecule has 0 saturated heterocycles. The Morgan fingerprint density at radius 3 is 2.32 bits per heavy atom. The fourth-order valence-corrected chi connectivity index (χ4v) is 5.64. The lowest BCUT2D eigenvalue weighted by molar-refractivity contribution is 0.0787. The van der Waals surface area contributed by atoms with Gasteiger partial charge in [-0.2, -0.15) is 0 Å². The Balaban J connectivity index is 1.52. The van der Waals surface area contributed by atoms with Crippen molar-refractivity contribution in [1.29, 1.82) is 0 Å². The first kappa shape index (κ1) is 30.0. The average molecular weight is 603 g/mol. The number of amides is 1. The van der Waals surface area contributed by atoms with E-state index in [0.29, 0.717) is 29.3 Å². The third-order valence-electron chi connectivity index (χ3n) is 6.18. The van der Waals surface area contributed by atoms with Gasteiger partial charge in [-0.15, -0.1) is 0 Å². The maximum atomic E-state index is 14.9. The summed E-state index contributed by atoms with van der Waals surface area (Å²) in [5, 5.41) is 0.314. The quantitative estimate of drug-likeness (QED) is 0.179. The van der Waals surface area contributed by atoms with E-state index in [-0.39, 0.29) is 29.5 Å². The highest BCUT2D eigenvalue weighted by Crippen LogP contribution is 2.32. The van der Waals surface area contributed by atoms with Crippen LogP contribution in [0.3, 0.4) is 0 Å². The van der Waals surface area contributed by atoms with Crippen molar-refractivity contribution in [2.75, 3.05) is 24.5 Å². The molecule has 0 aliphatic carbocycles. The molecule has 0 aliphatic heterocycles. The van der Waals surface area contributed by atoms with Gasteiger partial charge in [0, 0.05) is 35.8 Å². The number of hydrogen-bond acceptors (Lipinski definition) is 4. The van der Waals surface area contributed by atoms with Crippen LogP contribution in [0.1, 0.15) is 22.3 Å². The van der Waals surface area contributed by atoms with Crippen molar-refractivity contribution < 1.29 is 31.1 Å². The van der Waals surface area contributed by atoms with Crippen molar-refractivity contribution in [3.63, 3.8) is 0 Å². The normalized spacial score (nSPS) is 11.2. The first-order valence-electron chi connectivity index (χ1n) is 12.5. The second kappa shape index (κ2) is 13.1. The van der Waals surface area contributed by atoms with Gasteiger partial charge in [0.25, 0.3) is 15.9 Å². The number of anilines is 1. The van der Waals surface area contributed by atoms with Crippen LogP contribution in [0.15, 0.2) is 95.9 Å². The van der Waals surface area contributed by atoms with E-state index in [9.17, 15) is 26.4 Å². The molecule has 4 rings (SSSR count). The molecule has 4 aromatic rings. The van der Waals surface area contributed by atoms with Gasteiger partial charge in [-0.1, -0.05) is 35.9 Å². The molecule has 0 N–H and O–H groups in total. The number of rotatable bonds is 11. The van der Waals surface area contributed by atoms with Crippen LogP contribution in [0.25, 0.3) is 0 Å². The Kier molecular flexibility index (Phi) is 9.57. The third-order valence-corrected chi connectivity index (χ3v) is 8.20. The van der Waals surface area contributed by atoms with Gasteiger partial charge in [0.05, 0.1) is 23.7 Å². The van der Waals surface area contributed by atoms with Gasteiger partial charge in [-0.05, 0) is 67.1 Å². The Bertz CT molecular complexity index is 1640. The minimum atomic E-state index is -4.36. The van der Waals surface area contributed by atoms with Crippen LogP contribution in [0.5, 0.6) is 5.75 Å². The molecule has 1 amide bonds. The molecule has 0 bridgehead atoms. The number of carbonyl (C=O) groups is 1. The molecule has 0 atom stereocenters. The molecule has 0 radical (unpaired) electrons. The molecule has 0 spiro atoms. The Morgan fingerprint density at radius 2 is 1.59 bits per heavy atom. The van der Waals surface area contributed by atoms with E-state index in [0.717, 1.165) is 28.6 Å². The van der Waals surface area contributed by atoms with Crippen molar-refractivity contribution in [3.8, 4) is 5.75 Å². The first-order valence-corrected chi connectivity index (χ1v) is 14.3. The summed E-state index contributed by atoms with van der Waals surface area (Å²) in [7, 11) is -2.77. The molecular weight excluding hydrogens is 577 g/mol. The molecule has 0 aromatic heterocycles. The highest BCUT2D eigenvalue weighted by molar-refractivity contribution is 7.92. The lowest BCUT2D eigenvalue weighted by Crippen LogP contribution is -2.31. The summed E-state index contributed by atoms with van der Waals surface area (Å²) in [5.41, 5.74) is 0.162. The average Bonchev–Trinajstić information content (AvgIpc) is 2.95. The van der Waals surface area contributed by atoms with E-state index in [1.807, 2.05) is 0 Å². The predicted molar refractivity (Wildman–Crippen MR) is 151 cm³/mol. The topological polar surface area (TPSA) is 66.9 Å². The van der Waals surface area contributed by atoms with Crippen molar-refractivity contribution in [1.82, 2.24) is 4.90 Å². The predicted octanol–water partition coefficient (Wildman–Crippen LogP) is 6.69. The van der Waals surface area contributed by atoms with Crippen molar-refractivity contribution in [3.05, 3.63) is 125 Å². The van der Waals surface area contributed by atoms with Crippen molar-refractivity contribution >= 4 is 33.2 Å². The number of ether oxygens (including phenoxy) is 1. The van der Waals surface area contributed by atoms with E-state index in [4.69, 9.17) is 16.3 Å². The maximum absolute atomic E-state index is 14.9. The van der Waals surface area contributed by atoms with E-state index in [2.05, 4.69) is 0 Å². The molecule has 0 heterocycles. The van der Waals surface area contributed by atoms with Crippen LogP contribution in [-0.2, 0) is 16.6 Å². The van der Waals surface area contributed by atoms with Crippen molar-refractivity contribution in [2.24, 2.45) is 0 Å². The summed E-state index contributed by atoms with van der Waals surface area (Å²) < 4.78 is 76.5. The highest BCUT2D eigenvalue weighted by atomic mass is 35.5. The SMILES string of the molecule is CN(CCCOc1ccccc1CN(c1cc(F)ccc1F)S(=O)(=O)c1ccc(Cl)cc1)C(=O)c1cccc(F)c1. The second-order valence-electron chi connectivity index (χ2n) is 9.11. The molecule has 41 heavy (non-hydrogen) atoms. The molecule has 0 unspecified atom stereocenters.